The summed E-state index contributed by atoms with van der Waals surface area (Å²) in [5.74, 6) is -3.90. The average Bonchev–Trinajstić information content (AvgIpc) is 3.67. The van der Waals surface area contributed by atoms with Crippen LogP contribution in [0.25, 0.3) is 17.1 Å². The van der Waals surface area contributed by atoms with Crippen LogP contribution in [0.15, 0.2) is 36.4 Å². The summed E-state index contributed by atoms with van der Waals surface area (Å²) >= 11 is 0. The van der Waals surface area contributed by atoms with Crippen LogP contribution in [0.1, 0.15) is 60.8 Å². The van der Waals surface area contributed by atoms with Gasteiger partial charge < -0.3 is 45.8 Å². The first kappa shape index (κ1) is 54.6. The Hall–Kier alpha value is -4.97. The molecule has 1 radical (unpaired) electrons. The monoisotopic (exact) mass is 1100 g/mol. The van der Waals surface area contributed by atoms with Gasteiger partial charge >= 0.3 is 17.9 Å². The molecule has 2 aliphatic rings. The van der Waals surface area contributed by atoms with E-state index >= 15 is 0 Å². The van der Waals surface area contributed by atoms with Crippen LogP contribution in [0, 0.1) is 36.9 Å². The smallest absolute Gasteiger partial charge is 0.317 e. The Kier molecular flexibility index (Phi) is 21.6. The number of carbonyl (C=O) groups is 6. The molecule has 5 rings (SSSR count). The van der Waals surface area contributed by atoms with Crippen molar-refractivity contribution in [2.75, 3.05) is 118 Å². The van der Waals surface area contributed by atoms with Crippen LogP contribution >= 0.6 is 0 Å². The minimum Gasteiger partial charge on any atom is -0.508 e. The Labute approximate surface area is 418 Å². The first-order valence-corrected chi connectivity index (χ1v) is 22.1. The maximum absolute atomic E-state index is 13.0. The molecule has 3 heterocycles. The third-order valence-corrected chi connectivity index (χ3v) is 11.5. The standard InChI is InChI=1S/C44H62N10O12.Lu/c1-4-45-44(65)43-48-47-42(34-21-33(29(2)3)35(55)22-36(34)56)54(43)32-7-5-30(6-8-32)31-23-53(24-31)38(58)9-19-66-20-10-46-37(57)25-49-11-13-50(26-39(59)60)15-17-52(28-41(63)64)18-16-51(14-12-49)27-40(61)62;/h5-8,21-22,29,31,55-56H,4,9-20,23-28H2,1-3H3,(H,45,65)(H,46,57)(H,59,60)(H,61,62)(H,63,64);. The zero-order valence-electron chi connectivity index (χ0n) is 38.0. The molecule has 7 N–H and O–H groups in total. The summed E-state index contributed by atoms with van der Waals surface area (Å²) < 4.78 is 7.22. The van der Waals surface area contributed by atoms with E-state index in [0.717, 1.165) is 5.56 Å². The van der Waals surface area contributed by atoms with Crippen LogP contribution in [-0.2, 0) is 28.7 Å². The Balaban J connectivity index is 0.00000980. The zero-order valence-corrected chi connectivity index (χ0v) is 39.6. The summed E-state index contributed by atoms with van der Waals surface area (Å²) in [6.45, 7) is 9.04. The Morgan fingerprint density at radius 3 is 1.73 bits per heavy atom. The van der Waals surface area contributed by atoms with Crippen LogP contribution < -0.4 is 10.6 Å². The van der Waals surface area contributed by atoms with E-state index in [1.807, 2.05) is 43.0 Å². The van der Waals surface area contributed by atoms with Crippen molar-refractivity contribution >= 4 is 35.6 Å². The number of likely N-dealkylation sites (tertiary alicyclic amines) is 1. The Bertz CT molecular complexity index is 2140. The molecule has 2 fully saturated rings. The summed E-state index contributed by atoms with van der Waals surface area (Å²) in [4.78, 5) is 82.1. The predicted molar refractivity (Wildman–Crippen MR) is 239 cm³/mol. The van der Waals surface area contributed by atoms with Crippen LogP contribution in [0.2, 0.25) is 0 Å². The fraction of sp³-hybridized carbons (Fsp3) is 0.545. The van der Waals surface area contributed by atoms with Gasteiger partial charge in [-0.15, -0.1) is 10.2 Å². The summed E-state index contributed by atoms with van der Waals surface area (Å²) in [6, 6.07) is 10.4. The van der Waals surface area contributed by atoms with Gasteiger partial charge in [-0.1, -0.05) is 26.0 Å². The average molecular weight is 1100 g/mol. The van der Waals surface area contributed by atoms with Crippen molar-refractivity contribution in [3.05, 3.63) is 53.3 Å². The van der Waals surface area contributed by atoms with Gasteiger partial charge in [0, 0.05) is 133 Å². The molecular weight excluding hydrogens is 1040 g/mol. The molecule has 0 bridgehead atoms. The molecule has 2 aromatic carbocycles. The Morgan fingerprint density at radius 1 is 0.716 bits per heavy atom. The number of amides is 3. The van der Waals surface area contributed by atoms with Crippen LogP contribution in [0.5, 0.6) is 11.5 Å². The van der Waals surface area contributed by atoms with Crippen LogP contribution in [-0.4, -0.2) is 218 Å². The topological polar surface area (TPSA) is 284 Å². The van der Waals surface area contributed by atoms with E-state index < -0.39 is 23.8 Å². The van der Waals surface area contributed by atoms with E-state index in [-0.39, 0.29) is 162 Å². The van der Waals surface area contributed by atoms with Crippen molar-refractivity contribution in [2.45, 2.75) is 39.0 Å². The predicted octanol–water partition coefficient (Wildman–Crippen LogP) is 0.143. The second-order valence-corrected chi connectivity index (χ2v) is 16.7. The minimum atomic E-state index is -1.04. The third kappa shape index (κ3) is 16.4. The molecular formula is C44H62LuN10O12. The van der Waals surface area contributed by atoms with Crippen LogP contribution in [0.3, 0.4) is 0 Å². The number of carbonyl (C=O) groups excluding carboxylic acids is 3. The second kappa shape index (κ2) is 26.5. The summed E-state index contributed by atoms with van der Waals surface area (Å²) in [6.07, 6.45) is 0.156. The largest absolute Gasteiger partial charge is 0.508 e. The number of aliphatic carboxylic acids is 3. The van der Waals surface area contributed by atoms with E-state index in [1.165, 1.54) is 6.07 Å². The molecule has 3 aromatic rings. The fourth-order valence-electron chi connectivity index (χ4n) is 7.84. The molecule has 2 saturated heterocycles. The van der Waals surface area contributed by atoms with Gasteiger partial charge in [0.2, 0.25) is 17.6 Å². The number of benzene rings is 2. The maximum atomic E-state index is 13.0. The fourth-order valence-corrected chi connectivity index (χ4v) is 7.84. The molecule has 0 spiro atoms. The number of hydrogen-bond acceptors (Lipinski definition) is 15. The van der Waals surface area contributed by atoms with Gasteiger partial charge in [-0.05, 0) is 42.2 Å². The third-order valence-electron chi connectivity index (χ3n) is 11.5. The number of phenols is 2. The number of hydrogen-bond donors (Lipinski definition) is 7. The zero-order chi connectivity index (χ0) is 47.9. The number of phenolic OH excluding ortho intramolecular Hbond substituents is 2. The van der Waals surface area contributed by atoms with Gasteiger partial charge in [0.05, 0.1) is 51.4 Å². The molecule has 3 amide bonds. The van der Waals surface area contributed by atoms with Gasteiger partial charge in [0.25, 0.3) is 5.91 Å². The number of ether oxygens (including phenoxy) is 1. The van der Waals surface area contributed by atoms with Gasteiger partial charge in [0.1, 0.15) is 11.5 Å². The quantitative estimate of drug-likeness (QED) is 0.0742. The van der Waals surface area contributed by atoms with Crippen molar-refractivity contribution in [3.63, 3.8) is 0 Å². The van der Waals surface area contributed by atoms with Gasteiger partial charge in [0.15, 0.2) is 5.82 Å². The number of carboxylic acids is 3. The van der Waals surface area contributed by atoms with Gasteiger partial charge in [-0.2, -0.15) is 0 Å². The molecule has 375 valence electrons. The van der Waals surface area contributed by atoms with E-state index in [0.29, 0.717) is 62.6 Å². The molecule has 0 aliphatic carbocycles. The number of nitrogens with one attached hydrogen (secondary N) is 2. The molecule has 0 unspecified atom stereocenters. The summed E-state index contributed by atoms with van der Waals surface area (Å²) in [5, 5.41) is 63.5. The first-order chi connectivity index (χ1) is 31.5. The molecule has 22 nitrogen and oxygen atoms in total. The van der Waals surface area contributed by atoms with Crippen molar-refractivity contribution in [2.24, 2.45) is 0 Å². The minimum absolute atomic E-state index is 0. The number of carboxylic acid groups (broad SMARTS) is 3. The Morgan fingerprint density at radius 2 is 1.24 bits per heavy atom. The molecule has 2 aliphatic heterocycles. The van der Waals surface area contributed by atoms with E-state index in [2.05, 4.69) is 20.8 Å². The van der Waals surface area contributed by atoms with Crippen molar-refractivity contribution in [3.8, 4) is 28.6 Å². The van der Waals surface area contributed by atoms with E-state index in [4.69, 9.17) is 4.74 Å². The number of aromatic hydroxyl groups is 2. The summed E-state index contributed by atoms with van der Waals surface area (Å²) in [5.41, 5.74) is 2.48. The molecule has 0 atom stereocenters. The van der Waals surface area contributed by atoms with E-state index in [1.54, 1.807) is 37.2 Å². The normalized spacial score (nSPS) is 16.0. The second-order valence-electron chi connectivity index (χ2n) is 16.7. The number of nitrogens with zero attached hydrogens (tertiary/aromatic N) is 8. The van der Waals surface area contributed by atoms with E-state index in [9.17, 15) is 54.3 Å². The number of aromatic nitrogens is 3. The summed E-state index contributed by atoms with van der Waals surface area (Å²) in [7, 11) is 0. The van der Waals surface area contributed by atoms with Crippen molar-refractivity contribution in [1.29, 1.82) is 0 Å². The molecule has 67 heavy (non-hydrogen) atoms. The molecule has 0 saturated carbocycles. The molecule has 1 aromatic heterocycles. The van der Waals surface area contributed by atoms with Crippen molar-refractivity contribution < 1.29 is 95.9 Å². The van der Waals surface area contributed by atoms with Gasteiger partial charge in [-0.25, -0.2) is 0 Å². The number of rotatable bonds is 20. The first-order valence-electron chi connectivity index (χ1n) is 22.1. The van der Waals surface area contributed by atoms with Crippen LogP contribution in [0.4, 0.5) is 0 Å². The SMILES string of the molecule is CCNC(=O)c1nnc(-c2cc(C(C)C)c(O)cc2O)n1-c1ccc(C2CN(C(=O)CCOCCNC(=O)CN3CCN(CC(=O)O)CCN(CC(=O)O)CCN(CC(=O)O)CC3)C2)cc1.[Lu]. The maximum Gasteiger partial charge on any atom is 0.317 e. The van der Waals surface area contributed by atoms with Gasteiger partial charge in [-0.3, -0.25) is 52.9 Å². The van der Waals surface area contributed by atoms with Crippen molar-refractivity contribution in [1.82, 2.24) is 49.9 Å². The molecule has 23 heteroatoms.